The maximum atomic E-state index is 10.7. The molecule has 0 radical (unpaired) electrons. The number of nitrogens with zero attached hydrogens (tertiary/aromatic N) is 3. The van der Waals surface area contributed by atoms with Crippen LogP contribution in [-0.2, 0) is 23.1 Å². The molecule has 7 heteroatoms. The molecular weight excluding hydrogens is 258 g/mol. The lowest BCUT2D eigenvalue weighted by Gasteiger charge is -2.31. The third-order valence-corrected chi connectivity index (χ3v) is 3.37. The van der Waals surface area contributed by atoms with Crippen LogP contribution >= 0.6 is 11.6 Å². The first-order valence-electron chi connectivity index (χ1n) is 5.78. The van der Waals surface area contributed by atoms with Gasteiger partial charge in [0.2, 0.25) is 0 Å². The summed E-state index contributed by atoms with van der Waals surface area (Å²) in [6.45, 7) is 2.59. The number of halogens is 1. The van der Waals surface area contributed by atoms with Crippen LogP contribution in [0.1, 0.15) is 12.2 Å². The van der Waals surface area contributed by atoms with Crippen LogP contribution in [0.5, 0.6) is 0 Å². The maximum absolute atomic E-state index is 10.7. The molecule has 100 valence electrons. The predicted octanol–water partition coefficient (Wildman–Crippen LogP) is 0.749. The van der Waals surface area contributed by atoms with Crippen molar-refractivity contribution in [3.8, 4) is 0 Å². The number of aromatic nitrogens is 2. The summed E-state index contributed by atoms with van der Waals surface area (Å²) < 4.78 is 7.24. The van der Waals surface area contributed by atoms with Gasteiger partial charge >= 0.3 is 5.97 Å². The molecule has 6 nitrogen and oxygen atoms in total. The van der Waals surface area contributed by atoms with Crippen molar-refractivity contribution in [2.45, 2.75) is 19.1 Å². The Hall–Kier alpha value is -1.11. The molecule has 1 saturated heterocycles. The lowest BCUT2D eigenvalue weighted by Crippen LogP contribution is -2.43. The number of carboxylic acids is 1. The van der Waals surface area contributed by atoms with Gasteiger partial charge in [0.1, 0.15) is 11.0 Å². The van der Waals surface area contributed by atoms with E-state index in [4.69, 9.17) is 21.4 Å². The van der Waals surface area contributed by atoms with Gasteiger partial charge in [0.25, 0.3) is 0 Å². The molecule has 1 aliphatic heterocycles. The van der Waals surface area contributed by atoms with Gasteiger partial charge in [0.05, 0.1) is 31.9 Å². The molecule has 1 aromatic rings. The van der Waals surface area contributed by atoms with E-state index in [0.717, 1.165) is 12.4 Å². The average Bonchev–Trinajstić information content (AvgIpc) is 2.61. The van der Waals surface area contributed by atoms with E-state index in [0.29, 0.717) is 24.8 Å². The molecule has 0 saturated carbocycles. The molecular formula is C11H16ClN3O3. The molecule has 1 fully saturated rings. The van der Waals surface area contributed by atoms with E-state index in [9.17, 15) is 4.79 Å². The van der Waals surface area contributed by atoms with Crippen molar-refractivity contribution in [1.82, 2.24) is 14.5 Å². The van der Waals surface area contributed by atoms with Crippen molar-refractivity contribution in [2.75, 3.05) is 19.7 Å². The van der Waals surface area contributed by atoms with Gasteiger partial charge in [-0.1, -0.05) is 11.6 Å². The number of hydrogen-bond donors (Lipinski definition) is 1. The summed E-state index contributed by atoms with van der Waals surface area (Å²) in [5.41, 5.74) is 0. The largest absolute Gasteiger partial charge is 0.481 e. The third-order valence-electron chi connectivity index (χ3n) is 3.02. The lowest BCUT2D eigenvalue weighted by molar-refractivity contribution is -0.142. The van der Waals surface area contributed by atoms with Gasteiger partial charge in [-0.2, -0.15) is 0 Å². The minimum atomic E-state index is -0.832. The normalized spacial score (nSPS) is 21.1. The molecule has 2 rings (SSSR count). The molecule has 0 amide bonds. The first-order valence-corrected chi connectivity index (χ1v) is 6.16. The van der Waals surface area contributed by atoms with E-state index < -0.39 is 5.97 Å². The van der Waals surface area contributed by atoms with Crippen molar-refractivity contribution >= 4 is 17.6 Å². The van der Waals surface area contributed by atoms with E-state index in [-0.39, 0.29) is 12.5 Å². The summed E-state index contributed by atoms with van der Waals surface area (Å²) in [6, 6.07) is 0. The molecule has 0 aliphatic carbocycles. The summed E-state index contributed by atoms with van der Waals surface area (Å²) in [4.78, 5) is 17.0. The second kappa shape index (κ2) is 5.69. The molecule has 1 aliphatic rings. The molecule has 1 aromatic heterocycles. The van der Waals surface area contributed by atoms with Crippen LogP contribution < -0.4 is 0 Å². The molecule has 0 spiro atoms. The van der Waals surface area contributed by atoms with Gasteiger partial charge in [-0.15, -0.1) is 0 Å². The van der Waals surface area contributed by atoms with Crippen LogP contribution in [0.15, 0.2) is 6.20 Å². The Morgan fingerprint density at radius 3 is 3.11 bits per heavy atom. The van der Waals surface area contributed by atoms with Gasteiger partial charge in [-0.25, -0.2) is 4.98 Å². The number of morpholine rings is 1. The lowest BCUT2D eigenvalue weighted by atomic mass is 10.2. The van der Waals surface area contributed by atoms with Crippen molar-refractivity contribution in [3.63, 3.8) is 0 Å². The van der Waals surface area contributed by atoms with Crippen LogP contribution in [0.25, 0.3) is 0 Å². The second-order valence-corrected chi connectivity index (χ2v) is 4.77. The Kier molecular flexibility index (Phi) is 4.21. The highest BCUT2D eigenvalue weighted by atomic mass is 35.5. The minimum Gasteiger partial charge on any atom is -0.481 e. The summed E-state index contributed by atoms with van der Waals surface area (Å²) in [5, 5.41) is 9.35. The van der Waals surface area contributed by atoms with Gasteiger partial charge in [0, 0.05) is 20.1 Å². The smallest absolute Gasteiger partial charge is 0.306 e. The molecule has 1 N–H and O–H groups in total. The zero-order valence-electron chi connectivity index (χ0n) is 10.2. The first kappa shape index (κ1) is 13.3. The fraction of sp³-hybridized carbons (Fsp3) is 0.636. The quantitative estimate of drug-likeness (QED) is 0.877. The predicted molar refractivity (Wildman–Crippen MR) is 65.5 cm³/mol. The van der Waals surface area contributed by atoms with Crippen LogP contribution in [0.3, 0.4) is 0 Å². The fourth-order valence-electron chi connectivity index (χ4n) is 2.01. The number of rotatable bonds is 4. The Balaban J connectivity index is 1.93. The van der Waals surface area contributed by atoms with Gasteiger partial charge in [-0.3, -0.25) is 9.69 Å². The van der Waals surface area contributed by atoms with E-state index in [2.05, 4.69) is 9.88 Å². The molecule has 1 atom stereocenters. The Bertz CT molecular complexity index is 435. The summed E-state index contributed by atoms with van der Waals surface area (Å²) >= 11 is 5.92. The van der Waals surface area contributed by atoms with Gasteiger partial charge in [0.15, 0.2) is 0 Å². The van der Waals surface area contributed by atoms with Crippen LogP contribution in [0.2, 0.25) is 5.15 Å². The van der Waals surface area contributed by atoms with Crippen molar-refractivity contribution < 1.29 is 14.6 Å². The Morgan fingerprint density at radius 1 is 1.72 bits per heavy atom. The molecule has 0 bridgehead atoms. The zero-order chi connectivity index (χ0) is 13.1. The van der Waals surface area contributed by atoms with Gasteiger partial charge < -0.3 is 14.4 Å². The highest BCUT2D eigenvalue weighted by Gasteiger charge is 2.23. The maximum Gasteiger partial charge on any atom is 0.306 e. The SMILES string of the molecule is Cn1c(Cl)cnc1CN1CCOC(CC(=O)O)C1. The van der Waals surface area contributed by atoms with Crippen molar-refractivity contribution in [3.05, 3.63) is 17.2 Å². The van der Waals surface area contributed by atoms with E-state index in [1.807, 2.05) is 11.6 Å². The van der Waals surface area contributed by atoms with Crippen LogP contribution in [-0.4, -0.2) is 51.3 Å². The fourth-order valence-corrected chi connectivity index (χ4v) is 2.16. The average molecular weight is 274 g/mol. The molecule has 2 heterocycles. The monoisotopic (exact) mass is 273 g/mol. The number of carbonyl (C=O) groups is 1. The Labute approximate surface area is 110 Å². The zero-order valence-corrected chi connectivity index (χ0v) is 10.9. The Morgan fingerprint density at radius 2 is 2.50 bits per heavy atom. The van der Waals surface area contributed by atoms with E-state index >= 15 is 0 Å². The van der Waals surface area contributed by atoms with Crippen molar-refractivity contribution in [2.24, 2.45) is 7.05 Å². The molecule has 18 heavy (non-hydrogen) atoms. The van der Waals surface area contributed by atoms with E-state index in [1.54, 1.807) is 6.20 Å². The standard InChI is InChI=1S/C11H16ClN3O3/c1-14-9(12)5-13-10(14)7-15-2-3-18-8(6-15)4-11(16)17/h5,8H,2-4,6-7H2,1H3,(H,16,17). The highest BCUT2D eigenvalue weighted by molar-refractivity contribution is 6.29. The third kappa shape index (κ3) is 3.22. The number of carboxylic acid groups (broad SMARTS) is 1. The van der Waals surface area contributed by atoms with E-state index in [1.165, 1.54) is 0 Å². The minimum absolute atomic E-state index is 0.0395. The topological polar surface area (TPSA) is 67.6 Å². The molecule has 1 unspecified atom stereocenters. The second-order valence-electron chi connectivity index (χ2n) is 4.38. The number of aliphatic carboxylic acids is 1. The first-order chi connectivity index (χ1) is 8.56. The summed E-state index contributed by atoms with van der Waals surface area (Å²) in [6.07, 6.45) is 1.41. The summed E-state index contributed by atoms with van der Waals surface area (Å²) in [5.74, 6) is 0.0397. The van der Waals surface area contributed by atoms with Crippen LogP contribution in [0, 0.1) is 0 Å². The number of imidazole rings is 1. The van der Waals surface area contributed by atoms with Crippen molar-refractivity contribution in [1.29, 1.82) is 0 Å². The summed E-state index contributed by atoms with van der Waals surface area (Å²) in [7, 11) is 1.86. The van der Waals surface area contributed by atoms with Gasteiger partial charge in [-0.05, 0) is 0 Å². The number of hydrogen-bond acceptors (Lipinski definition) is 4. The highest BCUT2D eigenvalue weighted by Crippen LogP contribution is 2.14. The molecule has 0 aromatic carbocycles. The van der Waals surface area contributed by atoms with Crippen LogP contribution in [0.4, 0.5) is 0 Å². The number of ether oxygens (including phenoxy) is 1.